The molecule has 0 N–H and O–H groups in total. The molecule has 1 aromatic rings. The molecule has 3 nitrogen and oxygen atoms in total. The lowest BCUT2D eigenvalue weighted by Gasteiger charge is -2.20. The highest BCUT2D eigenvalue weighted by Crippen LogP contribution is 2.20. The second-order valence-electron chi connectivity index (χ2n) is 4.30. The van der Waals surface area contributed by atoms with Crippen LogP contribution in [0.4, 0.5) is 0 Å². The van der Waals surface area contributed by atoms with E-state index in [1.54, 1.807) is 19.2 Å². The van der Waals surface area contributed by atoms with Crippen LogP contribution < -0.4 is 0 Å². The van der Waals surface area contributed by atoms with Gasteiger partial charge in [-0.15, -0.1) is 0 Å². The fourth-order valence-corrected chi connectivity index (χ4v) is 1.38. The van der Waals surface area contributed by atoms with Crippen molar-refractivity contribution in [3.63, 3.8) is 0 Å². The molecule has 0 amide bonds. The van der Waals surface area contributed by atoms with Gasteiger partial charge in [0, 0.05) is 6.20 Å². The summed E-state index contributed by atoms with van der Waals surface area (Å²) in [7, 11) is 0. The minimum absolute atomic E-state index is 0.184. The molecule has 0 radical (unpaired) electrons. The summed E-state index contributed by atoms with van der Waals surface area (Å²) < 4.78 is 5.22. The van der Waals surface area contributed by atoms with Gasteiger partial charge in [-0.05, 0) is 39.3 Å². The minimum atomic E-state index is -0.525. The number of carbonyl (C=O) groups is 1. The molecule has 0 aliphatic heterocycles. The van der Waals surface area contributed by atoms with Gasteiger partial charge in [-0.2, -0.15) is 0 Å². The van der Waals surface area contributed by atoms with Gasteiger partial charge in [-0.1, -0.05) is 11.6 Å². The van der Waals surface area contributed by atoms with Crippen molar-refractivity contribution in [2.45, 2.75) is 33.3 Å². The Balaban J connectivity index is 3.02. The summed E-state index contributed by atoms with van der Waals surface area (Å²) >= 11 is 5.84. The molecule has 0 bridgehead atoms. The quantitative estimate of drug-likeness (QED) is 0.547. The first-order valence-electron chi connectivity index (χ1n) is 4.66. The van der Waals surface area contributed by atoms with E-state index in [9.17, 15) is 4.79 Å². The van der Waals surface area contributed by atoms with E-state index in [2.05, 4.69) is 4.98 Å². The summed E-state index contributed by atoms with van der Waals surface area (Å²) in [6.07, 6.45) is 1.56. The second-order valence-corrected chi connectivity index (χ2v) is 4.65. The van der Waals surface area contributed by atoms with Gasteiger partial charge < -0.3 is 4.74 Å². The lowest BCUT2D eigenvalue weighted by molar-refractivity contribution is 0.00686. The topological polar surface area (TPSA) is 39.2 Å². The Kier molecular flexibility index (Phi) is 3.35. The van der Waals surface area contributed by atoms with Crippen molar-refractivity contribution in [3.8, 4) is 0 Å². The van der Waals surface area contributed by atoms with Gasteiger partial charge in [0.2, 0.25) is 0 Å². The molecule has 0 atom stereocenters. The Hall–Kier alpha value is -1.09. The van der Waals surface area contributed by atoms with Gasteiger partial charge in [0.15, 0.2) is 0 Å². The van der Waals surface area contributed by atoms with E-state index in [0.29, 0.717) is 5.56 Å². The third-order valence-corrected chi connectivity index (χ3v) is 2.00. The Labute approximate surface area is 94.4 Å². The van der Waals surface area contributed by atoms with Crippen LogP contribution in [0, 0.1) is 6.92 Å². The average Bonchev–Trinajstić information content (AvgIpc) is 1.99. The van der Waals surface area contributed by atoms with Crippen LogP contribution in [0.25, 0.3) is 0 Å². The van der Waals surface area contributed by atoms with Crippen molar-refractivity contribution in [1.29, 1.82) is 0 Å². The minimum Gasteiger partial charge on any atom is -0.456 e. The number of aromatic nitrogens is 1. The van der Waals surface area contributed by atoms with E-state index in [-0.39, 0.29) is 5.15 Å². The van der Waals surface area contributed by atoms with Gasteiger partial charge in [0.25, 0.3) is 0 Å². The van der Waals surface area contributed by atoms with Crippen LogP contribution in [0.2, 0.25) is 5.15 Å². The predicted molar refractivity (Wildman–Crippen MR) is 59.2 cm³/mol. The van der Waals surface area contributed by atoms with E-state index >= 15 is 0 Å². The first-order valence-corrected chi connectivity index (χ1v) is 5.03. The molecule has 0 aliphatic carbocycles. The van der Waals surface area contributed by atoms with Gasteiger partial charge in [-0.3, -0.25) is 0 Å². The number of aryl methyl sites for hydroxylation is 1. The van der Waals surface area contributed by atoms with Crippen LogP contribution in [-0.4, -0.2) is 16.6 Å². The van der Waals surface area contributed by atoms with Crippen LogP contribution in [-0.2, 0) is 4.74 Å². The molecular weight excluding hydrogens is 214 g/mol. The number of nitrogens with zero attached hydrogens (tertiary/aromatic N) is 1. The molecule has 0 aromatic carbocycles. The molecule has 82 valence electrons. The molecule has 1 rings (SSSR count). The maximum absolute atomic E-state index is 11.8. The summed E-state index contributed by atoms with van der Waals surface area (Å²) in [4.78, 5) is 15.6. The SMILES string of the molecule is Cc1ccnc(Cl)c1C(=O)OC(C)(C)C. The van der Waals surface area contributed by atoms with Crippen LogP contribution in [0.3, 0.4) is 0 Å². The highest BCUT2D eigenvalue weighted by Gasteiger charge is 2.21. The predicted octanol–water partition coefficient (Wildman–Crippen LogP) is 3.00. The Morgan fingerprint density at radius 2 is 2.07 bits per heavy atom. The van der Waals surface area contributed by atoms with Gasteiger partial charge in [0.05, 0.1) is 5.56 Å². The van der Waals surface area contributed by atoms with Crippen molar-refractivity contribution in [2.24, 2.45) is 0 Å². The molecule has 4 heteroatoms. The molecule has 15 heavy (non-hydrogen) atoms. The van der Waals surface area contributed by atoms with Crippen molar-refractivity contribution in [2.75, 3.05) is 0 Å². The monoisotopic (exact) mass is 227 g/mol. The third-order valence-electron chi connectivity index (χ3n) is 1.72. The Morgan fingerprint density at radius 1 is 1.47 bits per heavy atom. The highest BCUT2D eigenvalue weighted by molar-refractivity contribution is 6.32. The van der Waals surface area contributed by atoms with Crippen molar-refractivity contribution in [3.05, 3.63) is 28.5 Å². The number of halogens is 1. The van der Waals surface area contributed by atoms with Gasteiger partial charge in [0.1, 0.15) is 10.8 Å². The fraction of sp³-hybridized carbons (Fsp3) is 0.455. The number of carbonyl (C=O) groups excluding carboxylic acids is 1. The number of hydrogen-bond acceptors (Lipinski definition) is 3. The summed E-state index contributed by atoms with van der Waals surface area (Å²) in [5.41, 5.74) is 0.584. The van der Waals surface area contributed by atoms with Gasteiger partial charge in [-0.25, -0.2) is 9.78 Å². The van der Waals surface area contributed by atoms with Crippen LogP contribution in [0.1, 0.15) is 36.7 Å². The fourth-order valence-electron chi connectivity index (χ4n) is 1.10. The van der Waals surface area contributed by atoms with E-state index in [1.807, 2.05) is 20.8 Å². The zero-order valence-electron chi connectivity index (χ0n) is 9.30. The number of esters is 1. The molecular formula is C11H14ClNO2. The second kappa shape index (κ2) is 4.19. The Bertz CT molecular complexity index is 362. The molecule has 1 aromatic heterocycles. The number of pyridine rings is 1. The lowest BCUT2D eigenvalue weighted by atomic mass is 10.1. The normalized spacial score (nSPS) is 11.3. The third kappa shape index (κ3) is 3.20. The molecule has 0 spiro atoms. The molecule has 0 saturated heterocycles. The number of rotatable bonds is 1. The summed E-state index contributed by atoms with van der Waals surface area (Å²) in [6.45, 7) is 7.23. The maximum atomic E-state index is 11.8. The average molecular weight is 228 g/mol. The van der Waals surface area contributed by atoms with E-state index < -0.39 is 11.6 Å². The zero-order chi connectivity index (χ0) is 11.6. The zero-order valence-corrected chi connectivity index (χ0v) is 10.1. The standard InChI is InChI=1S/C11H14ClNO2/c1-7-5-6-13-9(12)8(7)10(14)15-11(2,3)4/h5-6H,1-4H3. The molecule has 0 aliphatic rings. The van der Waals surface area contributed by atoms with Crippen molar-refractivity contribution >= 4 is 17.6 Å². The van der Waals surface area contributed by atoms with Crippen molar-refractivity contribution < 1.29 is 9.53 Å². The van der Waals surface area contributed by atoms with Crippen LogP contribution >= 0.6 is 11.6 Å². The molecule has 0 saturated carbocycles. The summed E-state index contributed by atoms with van der Waals surface area (Å²) in [6, 6.07) is 1.73. The lowest BCUT2D eigenvalue weighted by Crippen LogP contribution is -2.24. The molecule has 1 heterocycles. The smallest absolute Gasteiger partial charge is 0.342 e. The highest BCUT2D eigenvalue weighted by atomic mass is 35.5. The summed E-state index contributed by atoms with van der Waals surface area (Å²) in [5, 5.41) is 0.184. The molecule has 0 fully saturated rings. The Morgan fingerprint density at radius 3 is 2.53 bits per heavy atom. The number of ether oxygens (including phenoxy) is 1. The first kappa shape index (κ1) is 12.0. The van der Waals surface area contributed by atoms with Crippen molar-refractivity contribution in [1.82, 2.24) is 4.98 Å². The van der Waals surface area contributed by atoms with E-state index in [4.69, 9.17) is 16.3 Å². The summed E-state index contributed by atoms with van der Waals surface area (Å²) in [5.74, 6) is -0.432. The van der Waals surface area contributed by atoms with Crippen LogP contribution in [0.15, 0.2) is 12.3 Å². The van der Waals surface area contributed by atoms with E-state index in [0.717, 1.165) is 5.56 Å². The molecule has 0 unspecified atom stereocenters. The maximum Gasteiger partial charge on any atom is 0.342 e. The largest absolute Gasteiger partial charge is 0.456 e. The van der Waals surface area contributed by atoms with Gasteiger partial charge >= 0.3 is 5.97 Å². The number of hydrogen-bond donors (Lipinski definition) is 0. The van der Waals surface area contributed by atoms with Crippen LogP contribution in [0.5, 0.6) is 0 Å². The first-order chi connectivity index (χ1) is 6.81. The van der Waals surface area contributed by atoms with E-state index in [1.165, 1.54) is 0 Å².